The van der Waals surface area contributed by atoms with Gasteiger partial charge in [-0.3, -0.25) is 4.79 Å². The molecule has 122 valence electrons. The molecule has 1 saturated heterocycles. The van der Waals surface area contributed by atoms with Gasteiger partial charge >= 0.3 is 0 Å². The van der Waals surface area contributed by atoms with Crippen LogP contribution in [0.25, 0.3) is 0 Å². The van der Waals surface area contributed by atoms with Gasteiger partial charge in [-0.2, -0.15) is 4.98 Å². The first-order valence-electron chi connectivity index (χ1n) is 7.36. The molecule has 1 unspecified atom stereocenters. The van der Waals surface area contributed by atoms with Gasteiger partial charge in [0.15, 0.2) is 11.6 Å². The molecule has 1 fully saturated rings. The zero-order valence-electron chi connectivity index (χ0n) is 13.1. The molecular weight excluding hydrogens is 321 g/mol. The van der Waals surface area contributed by atoms with Gasteiger partial charge in [0.2, 0.25) is 11.8 Å². The highest BCUT2D eigenvalue weighted by molar-refractivity contribution is 6.31. The molecule has 0 saturated carbocycles. The molecule has 2 heterocycles. The first-order valence-corrected chi connectivity index (χ1v) is 7.73. The monoisotopic (exact) mass is 337 g/mol. The van der Waals surface area contributed by atoms with Gasteiger partial charge in [0, 0.05) is 18.4 Å². The second-order valence-electron chi connectivity index (χ2n) is 6.68. The van der Waals surface area contributed by atoms with E-state index in [0.29, 0.717) is 18.3 Å². The van der Waals surface area contributed by atoms with Crippen LogP contribution in [0.2, 0.25) is 5.02 Å². The molecule has 0 N–H and O–H groups in total. The van der Waals surface area contributed by atoms with Crippen molar-refractivity contribution in [3.8, 4) is 0 Å². The van der Waals surface area contributed by atoms with E-state index in [-0.39, 0.29) is 34.4 Å². The van der Waals surface area contributed by atoms with Crippen molar-refractivity contribution >= 4 is 23.2 Å². The maximum Gasteiger partial charge on any atom is 0.232 e. The highest BCUT2D eigenvalue weighted by Gasteiger charge is 2.37. The minimum absolute atomic E-state index is 0.00782. The zero-order chi connectivity index (χ0) is 16.8. The van der Waals surface area contributed by atoms with Crippen molar-refractivity contribution in [1.29, 1.82) is 0 Å². The Morgan fingerprint density at radius 1 is 1.39 bits per heavy atom. The molecule has 1 atom stereocenters. The lowest BCUT2D eigenvalue weighted by Gasteiger charge is -2.17. The Morgan fingerprint density at radius 3 is 2.78 bits per heavy atom. The third-order valence-electron chi connectivity index (χ3n) is 3.81. The normalized spacial score (nSPS) is 18.7. The molecule has 0 bridgehead atoms. The van der Waals surface area contributed by atoms with Crippen LogP contribution in [0, 0.1) is 5.82 Å². The van der Waals surface area contributed by atoms with Crippen LogP contribution in [-0.4, -0.2) is 22.6 Å². The van der Waals surface area contributed by atoms with Gasteiger partial charge in [-0.25, -0.2) is 4.39 Å². The fourth-order valence-electron chi connectivity index (χ4n) is 2.51. The summed E-state index contributed by atoms with van der Waals surface area (Å²) >= 11 is 5.79. The number of benzene rings is 1. The Hall–Kier alpha value is -1.95. The lowest BCUT2D eigenvalue weighted by Crippen LogP contribution is -2.25. The SMILES string of the molecule is CC(C)(C)c1noc(C2CC(=O)N(c3cccc(Cl)c3F)C2)n1. The number of carbonyl (C=O) groups is 1. The van der Waals surface area contributed by atoms with Crippen LogP contribution < -0.4 is 4.90 Å². The van der Waals surface area contributed by atoms with Crippen LogP contribution in [0.5, 0.6) is 0 Å². The van der Waals surface area contributed by atoms with Crippen molar-refractivity contribution < 1.29 is 13.7 Å². The first kappa shape index (κ1) is 15.9. The fraction of sp³-hybridized carbons (Fsp3) is 0.438. The molecule has 5 nitrogen and oxygen atoms in total. The molecule has 1 amide bonds. The summed E-state index contributed by atoms with van der Waals surface area (Å²) in [4.78, 5) is 18.0. The quantitative estimate of drug-likeness (QED) is 0.838. The molecule has 0 spiro atoms. The van der Waals surface area contributed by atoms with E-state index < -0.39 is 5.82 Å². The van der Waals surface area contributed by atoms with Gasteiger partial charge in [-0.15, -0.1) is 0 Å². The largest absolute Gasteiger partial charge is 0.339 e. The van der Waals surface area contributed by atoms with Gasteiger partial charge in [-0.05, 0) is 12.1 Å². The third kappa shape index (κ3) is 2.95. The Bertz CT molecular complexity index is 754. The highest BCUT2D eigenvalue weighted by atomic mass is 35.5. The Kier molecular flexibility index (Phi) is 3.88. The summed E-state index contributed by atoms with van der Waals surface area (Å²) in [5, 5.41) is 3.97. The summed E-state index contributed by atoms with van der Waals surface area (Å²) in [6.45, 7) is 6.24. The summed E-state index contributed by atoms with van der Waals surface area (Å²) in [6.07, 6.45) is 0.206. The van der Waals surface area contributed by atoms with Crippen molar-refractivity contribution in [2.24, 2.45) is 0 Å². The maximum absolute atomic E-state index is 14.1. The number of anilines is 1. The van der Waals surface area contributed by atoms with Gasteiger partial charge in [-0.1, -0.05) is 43.6 Å². The van der Waals surface area contributed by atoms with Crippen LogP contribution in [-0.2, 0) is 10.2 Å². The number of hydrogen-bond acceptors (Lipinski definition) is 4. The van der Waals surface area contributed by atoms with Gasteiger partial charge in [0.25, 0.3) is 0 Å². The Morgan fingerprint density at radius 2 is 2.13 bits per heavy atom. The lowest BCUT2D eigenvalue weighted by molar-refractivity contribution is -0.117. The summed E-state index contributed by atoms with van der Waals surface area (Å²) in [7, 11) is 0. The molecule has 7 heteroatoms. The zero-order valence-corrected chi connectivity index (χ0v) is 13.9. The number of carbonyl (C=O) groups excluding carboxylic acids is 1. The lowest BCUT2D eigenvalue weighted by atomic mass is 9.96. The van der Waals surface area contributed by atoms with Gasteiger partial charge < -0.3 is 9.42 Å². The van der Waals surface area contributed by atoms with Crippen LogP contribution in [0.4, 0.5) is 10.1 Å². The number of aromatic nitrogens is 2. The van der Waals surface area contributed by atoms with Crippen LogP contribution in [0.1, 0.15) is 44.8 Å². The number of amides is 1. The first-order chi connectivity index (χ1) is 10.8. The van der Waals surface area contributed by atoms with E-state index in [1.807, 2.05) is 20.8 Å². The van der Waals surface area contributed by atoms with E-state index in [4.69, 9.17) is 16.1 Å². The van der Waals surface area contributed by atoms with Crippen molar-refractivity contribution in [3.05, 3.63) is 40.8 Å². The molecular formula is C16H17ClFN3O2. The predicted molar refractivity (Wildman–Crippen MR) is 84.1 cm³/mol. The van der Waals surface area contributed by atoms with Gasteiger partial charge in [0.1, 0.15) is 0 Å². The Balaban J connectivity index is 1.85. The second kappa shape index (κ2) is 5.60. The van der Waals surface area contributed by atoms with E-state index >= 15 is 0 Å². The van der Waals surface area contributed by atoms with E-state index in [1.54, 1.807) is 6.07 Å². The smallest absolute Gasteiger partial charge is 0.232 e. The second-order valence-corrected chi connectivity index (χ2v) is 7.09. The predicted octanol–water partition coefficient (Wildman–Crippen LogP) is 3.68. The number of hydrogen-bond donors (Lipinski definition) is 0. The molecule has 0 radical (unpaired) electrons. The molecule has 1 aromatic heterocycles. The number of nitrogens with zero attached hydrogens (tertiary/aromatic N) is 3. The van der Waals surface area contributed by atoms with Crippen molar-refractivity contribution in [1.82, 2.24) is 10.1 Å². The Labute approximate surface area is 138 Å². The average Bonchev–Trinajstić information content (AvgIpc) is 3.08. The van der Waals surface area contributed by atoms with E-state index in [9.17, 15) is 9.18 Å². The molecule has 2 aromatic rings. The van der Waals surface area contributed by atoms with Crippen molar-refractivity contribution in [2.75, 3.05) is 11.4 Å². The summed E-state index contributed by atoms with van der Waals surface area (Å²) in [5.74, 6) is -0.0271. The minimum atomic E-state index is -0.593. The fourth-order valence-corrected chi connectivity index (χ4v) is 2.68. The molecule has 1 aromatic carbocycles. The van der Waals surface area contributed by atoms with Crippen molar-refractivity contribution in [3.63, 3.8) is 0 Å². The summed E-state index contributed by atoms with van der Waals surface area (Å²) in [6, 6.07) is 4.60. The molecule has 1 aliphatic heterocycles. The van der Waals surface area contributed by atoms with E-state index in [0.717, 1.165) is 0 Å². The van der Waals surface area contributed by atoms with E-state index in [2.05, 4.69) is 10.1 Å². The average molecular weight is 338 g/mol. The van der Waals surface area contributed by atoms with Gasteiger partial charge in [0.05, 0.1) is 16.6 Å². The topological polar surface area (TPSA) is 59.2 Å². The number of halogens is 2. The van der Waals surface area contributed by atoms with E-state index in [1.165, 1.54) is 17.0 Å². The summed E-state index contributed by atoms with van der Waals surface area (Å²) < 4.78 is 19.4. The molecule has 1 aliphatic rings. The standard InChI is InChI=1S/C16H17ClFN3O2/c1-16(2,3)15-19-14(23-20-15)9-7-12(22)21(8-9)11-6-4-5-10(17)13(11)18/h4-6,9H,7-8H2,1-3H3. The van der Waals surface area contributed by atoms with Crippen molar-refractivity contribution in [2.45, 2.75) is 38.5 Å². The molecule has 23 heavy (non-hydrogen) atoms. The van der Waals surface area contributed by atoms with Crippen LogP contribution in [0.3, 0.4) is 0 Å². The maximum atomic E-state index is 14.1. The van der Waals surface area contributed by atoms with Crippen LogP contribution in [0.15, 0.2) is 22.7 Å². The minimum Gasteiger partial charge on any atom is -0.339 e. The highest BCUT2D eigenvalue weighted by Crippen LogP contribution is 2.34. The molecule has 3 rings (SSSR count). The summed E-state index contributed by atoms with van der Waals surface area (Å²) in [5.41, 5.74) is -0.0519. The third-order valence-corrected chi connectivity index (χ3v) is 4.10. The van der Waals surface area contributed by atoms with Crippen LogP contribution >= 0.6 is 11.6 Å². The molecule has 0 aliphatic carbocycles. The number of rotatable bonds is 2.